The highest BCUT2D eigenvalue weighted by Gasteiger charge is 2.30. The van der Waals surface area contributed by atoms with Crippen LogP contribution in [0.5, 0.6) is 5.75 Å². The number of ether oxygens (including phenoxy) is 2. The fourth-order valence-electron chi connectivity index (χ4n) is 3.35. The van der Waals surface area contributed by atoms with Gasteiger partial charge in [-0.15, -0.1) is 0 Å². The Hall–Kier alpha value is -2.82. The van der Waals surface area contributed by atoms with E-state index in [1.807, 2.05) is 30.3 Å². The van der Waals surface area contributed by atoms with Crippen molar-refractivity contribution in [2.75, 3.05) is 6.61 Å². The van der Waals surface area contributed by atoms with Gasteiger partial charge in [0.15, 0.2) is 6.61 Å². The number of hydrogen-bond donors (Lipinski definition) is 1. The Morgan fingerprint density at radius 2 is 1.81 bits per heavy atom. The molecule has 2 aromatic rings. The van der Waals surface area contributed by atoms with Gasteiger partial charge in [-0.2, -0.15) is 0 Å². The average Bonchev–Trinajstić information content (AvgIpc) is 3.38. The second kappa shape index (κ2) is 7.82. The predicted molar refractivity (Wildman–Crippen MR) is 100 cm³/mol. The third-order valence-corrected chi connectivity index (χ3v) is 4.94. The van der Waals surface area contributed by atoms with Crippen LogP contribution in [-0.2, 0) is 27.2 Å². The van der Waals surface area contributed by atoms with Crippen molar-refractivity contribution in [1.29, 1.82) is 0 Å². The first-order valence-electron chi connectivity index (χ1n) is 9.48. The van der Waals surface area contributed by atoms with Crippen molar-refractivity contribution in [2.45, 2.75) is 44.2 Å². The maximum absolute atomic E-state index is 12.5. The normalized spacial score (nSPS) is 16.3. The molecule has 1 saturated carbocycles. The summed E-state index contributed by atoms with van der Waals surface area (Å²) in [6.07, 6.45) is 4.31. The minimum absolute atomic E-state index is 0.199. The molecule has 2 aliphatic rings. The molecule has 1 N–H and O–H groups in total. The van der Waals surface area contributed by atoms with Crippen LogP contribution in [-0.4, -0.2) is 24.5 Å². The first-order chi connectivity index (χ1) is 13.2. The van der Waals surface area contributed by atoms with Crippen LogP contribution < -0.4 is 10.1 Å². The van der Waals surface area contributed by atoms with Crippen LogP contribution >= 0.6 is 0 Å². The summed E-state index contributed by atoms with van der Waals surface area (Å²) in [5.74, 6) is -0.184. The summed E-state index contributed by atoms with van der Waals surface area (Å²) < 4.78 is 11.1. The van der Waals surface area contributed by atoms with Gasteiger partial charge in [-0.3, -0.25) is 4.79 Å². The monoisotopic (exact) mass is 365 g/mol. The summed E-state index contributed by atoms with van der Waals surface area (Å²) in [6.45, 7) is -0.223. The molecule has 140 valence electrons. The van der Waals surface area contributed by atoms with Crippen LogP contribution in [0.2, 0.25) is 0 Å². The standard InChI is InChI=1S/C22H23NO4/c24-20(14-26-19-12-9-15-7-4-8-17(15)13-19)27-21(16-5-2-1-3-6-16)22(25)23-18-10-11-18/h1-3,5-6,9,12-13,18,21H,4,7-8,10-11,14H2,(H,23,25)/t21-/m0/s1. The smallest absolute Gasteiger partial charge is 0.345 e. The molecule has 2 aliphatic carbocycles. The maximum Gasteiger partial charge on any atom is 0.345 e. The number of esters is 1. The van der Waals surface area contributed by atoms with Crippen LogP contribution in [0.15, 0.2) is 48.5 Å². The predicted octanol–water partition coefficient (Wildman–Crippen LogP) is 3.12. The number of aryl methyl sites for hydroxylation is 2. The largest absolute Gasteiger partial charge is 0.482 e. The minimum Gasteiger partial charge on any atom is -0.482 e. The summed E-state index contributed by atoms with van der Waals surface area (Å²) >= 11 is 0. The lowest BCUT2D eigenvalue weighted by atomic mass is 10.1. The lowest BCUT2D eigenvalue weighted by Crippen LogP contribution is -2.34. The van der Waals surface area contributed by atoms with Crippen molar-refractivity contribution in [2.24, 2.45) is 0 Å². The van der Waals surface area contributed by atoms with Crippen molar-refractivity contribution in [3.8, 4) is 5.75 Å². The third-order valence-electron chi connectivity index (χ3n) is 4.94. The van der Waals surface area contributed by atoms with Gasteiger partial charge < -0.3 is 14.8 Å². The number of carbonyl (C=O) groups excluding carboxylic acids is 2. The van der Waals surface area contributed by atoms with E-state index in [2.05, 4.69) is 11.4 Å². The van der Waals surface area contributed by atoms with Crippen molar-refractivity contribution in [3.63, 3.8) is 0 Å². The summed E-state index contributed by atoms with van der Waals surface area (Å²) in [5, 5.41) is 2.90. The Kier molecular flexibility index (Phi) is 5.10. The van der Waals surface area contributed by atoms with Gasteiger partial charge in [-0.25, -0.2) is 4.79 Å². The van der Waals surface area contributed by atoms with Gasteiger partial charge in [0.2, 0.25) is 6.10 Å². The molecule has 1 atom stereocenters. The molecule has 0 heterocycles. The van der Waals surface area contributed by atoms with Gasteiger partial charge in [-0.1, -0.05) is 36.4 Å². The molecule has 1 fully saturated rings. The highest BCUT2D eigenvalue weighted by Crippen LogP contribution is 2.26. The van der Waals surface area contributed by atoms with E-state index in [1.54, 1.807) is 12.1 Å². The van der Waals surface area contributed by atoms with E-state index in [1.165, 1.54) is 11.1 Å². The molecule has 0 spiro atoms. The van der Waals surface area contributed by atoms with E-state index in [-0.39, 0.29) is 18.6 Å². The fraction of sp³-hybridized carbons (Fsp3) is 0.364. The molecular weight excluding hydrogens is 342 g/mol. The van der Waals surface area contributed by atoms with E-state index >= 15 is 0 Å². The molecule has 2 aromatic carbocycles. The number of hydrogen-bond acceptors (Lipinski definition) is 4. The van der Waals surface area contributed by atoms with E-state index in [4.69, 9.17) is 9.47 Å². The van der Waals surface area contributed by atoms with Gasteiger partial charge in [-0.05, 0) is 55.4 Å². The van der Waals surface area contributed by atoms with Crippen LogP contribution in [0, 0.1) is 0 Å². The van der Waals surface area contributed by atoms with Crippen molar-refractivity contribution in [1.82, 2.24) is 5.32 Å². The molecule has 5 nitrogen and oxygen atoms in total. The molecule has 0 aromatic heterocycles. The highest BCUT2D eigenvalue weighted by molar-refractivity contribution is 5.85. The van der Waals surface area contributed by atoms with E-state index in [9.17, 15) is 9.59 Å². The number of benzene rings is 2. The van der Waals surface area contributed by atoms with Gasteiger partial charge >= 0.3 is 5.97 Å². The van der Waals surface area contributed by atoms with Crippen LogP contribution in [0.3, 0.4) is 0 Å². The maximum atomic E-state index is 12.5. The zero-order chi connectivity index (χ0) is 18.6. The van der Waals surface area contributed by atoms with Crippen LogP contribution in [0.1, 0.15) is 42.1 Å². The minimum atomic E-state index is -0.956. The highest BCUT2D eigenvalue weighted by atomic mass is 16.6. The summed E-state index contributed by atoms with van der Waals surface area (Å²) in [6, 6.07) is 15.2. The van der Waals surface area contributed by atoms with Crippen molar-refractivity contribution >= 4 is 11.9 Å². The van der Waals surface area contributed by atoms with Gasteiger partial charge in [0.1, 0.15) is 5.75 Å². The molecule has 0 radical (unpaired) electrons. The van der Waals surface area contributed by atoms with Gasteiger partial charge in [0, 0.05) is 11.6 Å². The van der Waals surface area contributed by atoms with Crippen LogP contribution in [0.4, 0.5) is 0 Å². The Balaban J connectivity index is 1.38. The summed E-state index contributed by atoms with van der Waals surface area (Å²) in [4.78, 5) is 24.8. The quantitative estimate of drug-likeness (QED) is 0.766. The zero-order valence-electron chi connectivity index (χ0n) is 15.1. The molecule has 27 heavy (non-hydrogen) atoms. The van der Waals surface area contributed by atoms with Gasteiger partial charge in [0.05, 0.1) is 0 Å². The second-order valence-corrected chi connectivity index (χ2v) is 7.14. The van der Waals surface area contributed by atoms with E-state index in [0.29, 0.717) is 11.3 Å². The number of amides is 1. The Labute approximate surface area is 158 Å². The third kappa shape index (κ3) is 4.48. The van der Waals surface area contributed by atoms with Gasteiger partial charge in [0.25, 0.3) is 5.91 Å². The van der Waals surface area contributed by atoms with E-state index < -0.39 is 12.1 Å². The lowest BCUT2D eigenvalue weighted by Gasteiger charge is -2.18. The zero-order valence-corrected chi connectivity index (χ0v) is 15.1. The summed E-state index contributed by atoms with van der Waals surface area (Å²) in [5.41, 5.74) is 3.29. The average molecular weight is 365 g/mol. The van der Waals surface area contributed by atoms with Crippen molar-refractivity contribution in [3.05, 3.63) is 65.2 Å². The molecule has 5 heteroatoms. The van der Waals surface area contributed by atoms with E-state index in [0.717, 1.165) is 32.1 Å². The topological polar surface area (TPSA) is 64.6 Å². The molecule has 0 aliphatic heterocycles. The van der Waals surface area contributed by atoms with Crippen molar-refractivity contribution < 1.29 is 19.1 Å². The molecule has 0 saturated heterocycles. The molecule has 1 amide bonds. The lowest BCUT2D eigenvalue weighted by molar-refractivity contribution is -0.158. The Morgan fingerprint density at radius 1 is 1.04 bits per heavy atom. The summed E-state index contributed by atoms with van der Waals surface area (Å²) in [7, 11) is 0. The molecule has 0 unspecified atom stereocenters. The number of nitrogens with one attached hydrogen (secondary N) is 1. The first kappa shape index (κ1) is 17.6. The number of carbonyl (C=O) groups is 2. The first-order valence-corrected chi connectivity index (χ1v) is 9.48. The Bertz CT molecular complexity index is 829. The second-order valence-electron chi connectivity index (χ2n) is 7.14. The Morgan fingerprint density at radius 3 is 2.59 bits per heavy atom. The molecular formula is C22H23NO4. The number of fused-ring (bicyclic) bond motifs is 1. The molecule has 4 rings (SSSR count). The number of rotatable bonds is 7. The molecule has 0 bridgehead atoms. The SMILES string of the molecule is O=C(COc1ccc2c(c1)CCC2)O[C@H](C(=O)NC1CC1)c1ccccc1. The van der Waals surface area contributed by atoms with Crippen LogP contribution in [0.25, 0.3) is 0 Å². The fourth-order valence-corrected chi connectivity index (χ4v) is 3.35.